The smallest absolute Gasteiger partial charge is 0.338 e. The fourth-order valence-corrected chi connectivity index (χ4v) is 2.82. The highest BCUT2D eigenvalue weighted by Gasteiger charge is 2.15. The molecule has 0 saturated heterocycles. The Hall–Kier alpha value is -2.31. The molecular formula is C18H16Cl2FNO4. The Morgan fingerprint density at radius 2 is 1.81 bits per heavy atom. The van der Waals surface area contributed by atoms with Crippen LogP contribution in [-0.2, 0) is 16.0 Å². The molecule has 2 aromatic rings. The summed E-state index contributed by atoms with van der Waals surface area (Å²) in [6.07, 6.45) is 0.329. The molecule has 0 radical (unpaired) electrons. The van der Waals surface area contributed by atoms with E-state index in [0.717, 1.165) is 0 Å². The summed E-state index contributed by atoms with van der Waals surface area (Å²) in [7, 11) is 1.40. The minimum Gasteiger partial charge on any atom is -0.494 e. The van der Waals surface area contributed by atoms with Gasteiger partial charge in [0, 0.05) is 6.54 Å². The first kappa shape index (κ1) is 20.0. The zero-order valence-corrected chi connectivity index (χ0v) is 15.4. The Morgan fingerprint density at radius 3 is 2.42 bits per heavy atom. The van der Waals surface area contributed by atoms with Crippen molar-refractivity contribution >= 4 is 35.1 Å². The number of amides is 1. The number of methoxy groups -OCH3 is 1. The predicted molar refractivity (Wildman–Crippen MR) is 96.4 cm³/mol. The van der Waals surface area contributed by atoms with Crippen molar-refractivity contribution in [2.24, 2.45) is 0 Å². The van der Waals surface area contributed by atoms with Crippen molar-refractivity contribution in [3.8, 4) is 5.75 Å². The molecular weight excluding hydrogens is 384 g/mol. The number of carbonyl (C=O) groups is 2. The van der Waals surface area contributed by atoms with Gasteiger partial charge in [-0.3, -0.25) is 4.79 Å². The van der Waals surface area contributed by atoms with Gasteiger partial charge in [-0.15, -0.1) is 0 Å². The molecule has 0 unspecified atom stereocenters. The van der Waals surface area contributed by atoms with Gasteiger partial charge in [0.15, 0.2) is 12.4 Å². The quantitative estimate of drug-likeness (QED) is 0.721. The number of carbonyl (C=O) groups excluding carboxylic acids is 2. The summed E-state index contributed by atoms with van der Waals surface area (Å²) in [6, 6.07) is 8.97. The lowest BCUT2D eigenvalue weighted by Crippen LogP contribution is -2.30. The summed E-state index contributed by atoms with van der Waals surface area (Å²) in [5.41, 5.74) is 0.590. The molecule has 0 spiro atoms. The number of hydrogen-bond acceptors (Lipinski definition) is 4. The van der Waals surface area contributed by atoms with E-state index in [4.69, 9.17) is 32.7 Å². The van der Waals surface area contributed by atoms with Gasteiger partial charge in [0.25, 0.3) is 5.91 Å². The van der Waals surface area contributed by atoms with Crippen LogP contribution in [0.5, 0.6) is 5.75 Å². The molecule has 0 saturated carbocycles. The van der Waals surface area contributed by atoms with Crippen molar-refractivity contribution in [2.45, 2.75) is 6.42 Å². The number of ether oxygens (including phenoxy) is 2. The highest BCUT2D eigenvalue weighted by atomic mass is 35.5. The van der Waals surface area contributed by atoms with Gasteiger partial charge in [0.1, 0.15) is 5.82 Å². The van der Waals surface area contributed by atoms with Crippen LogP contribution in [0, 0.1) is 5.82 Å². The second-order valence-electron chi connectivity index (χ2n) is 5.24. The molecule has 0 aliphatic carbocycles. The summed E-state index contributed by atoms with van der Waals surface area (Å²) in [6.45, 7) is -0.255. The van der Waals surface area contributed by atoms with E-state index in [1.54, 1.807) is 18.2 Å². The molecule has 26 heavy (non-hydrogen) atoms. The molecule has 5 nitrogen and oxygen atoms in total. The van der Waals surface area contributed by atoms with Gasteiger partial charge in [-0.25, -0.2) is 9.18 Å². The lowest BCUT2D eigenvalue weighted by molar-refractivity contribution is -0.124. The first-order valence-electron chi connectivity index (χ1n) is 7.62. The second-order valence-corrected chi connectivity index (χ2v) is 6.06. The summed E-state index contributed by atoms with van der Waals surface area (Å²) >= 11 is 11.9. The standard InChI is InChI=1S/C18H16Cl2FNO4/c1-25-17-13(19)8-12(9-14(17)20)18(24)26-10-16(23)22-7-6-11-4-2-3-5-15(11)21/h2-5,8-9H,6-7,10H2,1H3,(H,22,23). The van der Waals surface area contributed by atoms with E-state index in [1.807, 2.05) is 0 Å². The highest BCUT2D eigenvalue weighted by molar-refractivity contribution is 6.37. The third kappa shape index (κ3) is 5.34. The Labute approximate surface area is 160 Å². The Morgan fingerprint density at radius 1 is 1.15 bits per heavy atom. The number of nitrogens with one attached hydrogen (secondary N) is 1. The van der Waals surface area contributed by atoms with Gasteiger partial charge in [-0.05, 0) is 30.2 Å². The topological polar surface area (TPSA) is 64.6 Å². The molecule has 1 amide bonds. The molecule has 138 valence electrons. The van der Waals surface area contributed by atoms with E-state index in [0.29, 0.717) is 12.0 Å². The van der Waals surface area contributed by atoms with Crippen molar-refractivity contribution in [1.29, 1.82) is 0 Å². The van der Waals surface area contributed by atoms with Crippen LogP contribution in [0.2, 0.25) is 10.0 Å². The average molecular weight is 400 g/mol. The van der Waals surface area contributed by atoms with Crippen molar-refractivity contribution in [3.05, 3.63) is 63.4 Å². The summed E-state index contributed by atoms with van der Waals surface area (Å²) in [5.74, 6) is -1.33. The molecule has 0 fully saturated rings. The largest absolute Gasteiger partial charge is 0.494 e. The maximum absolute atomic E-state index is 13.5. The second kappa shape index (κ2) is 9.40. The third-order valence-electron chi connectivity index (χ3n) is 3.45. The van der Waals surface area contributed by atoms with Gasteiger partial charge in [0.2, 0.25) is 0 Å². The fourth-order valence-electron chi connectivity index (χ4n) is 2.18. The average Bonchev–Trinajstić information content (AvgIpc) is 2.61. The van der Waals surface area contributed by atoms with Crippen molar-refractivity contribution < 1.29 is 23.5 Å². The number of esters is 1. The van der Waals surface area contributed by atoms with Crippen LogP contribution in [0.1, 0.15) is 15.9 Å². The molecule has 8 heteroatoms. The molecule has 1 N–H and O–H groups in total. The normalized spacial score (nSPS) is 10.3. The monoisotopic (exact) mass is 399 g/mol. The van der Waals surface area contributed by atoms with Crippen LogP contribution in [0.4, 0.5) is 4.39 Å². The van der Waals surface area contributed by atoms with Gasteiger partial charge in [-0.1, -0.05) is 41.4 Å². The maximum atomic E-state index is 13.5. The molecule has 0 heterocycles. The van der Waals surface area contributed by atoms with Crippen LogP contribution < -0.4 is 10.1 Å². The van der Waals surface area contributed by atoms with Crippen LogP contribution in [0.3, 0.4) is 0 Å². The highest BCUT2D eigenvalue weighted by Crippen LogP contribution is 2.33. The van der Waals surface area contributed by atoms with Gasteiger partial charge < -0.3 is 14.8 Å². The van der Waals surface area contributed by atoms with E-state index in [2.05, 4.69) is 5.32 Å². The van der Waals surface area contributed by atoms with E-state index in [9.17, 15) is 14.0 Å². The minimum atomic E-state index is -0.749. The van der Waals surface area contributed by atoms with Crippen LogP contribution >= 0.6 is 23.2 Å². The Balaban J connectivity index is 1.82. The van der Waals surface area contributed by atoms with Crippen molar-refractivity contribution in [2.75, 3.05) is 20.3 Å². The minimum absolute atomic E-state index is 0.0972. The lowest BCUT2D eigenvalue weighted by atomic mass is 10.1. The van der Waals surface area contributed by atoms with Crippen LogP contribution in [-0.4, -0.2) is 32.1 Å². The van der Waals surface area contributed by atoms with Gasteiger partial charge in [-0.2, -0.15) is 0 Å². The third-order valence-corrected chi connectivity index (χ3v) is 4.01. The Kier molecular flexibility index (Phi) is 7.24. The molecule has 0 aliphatic rings. The van der Waals surface area contributed by atoms with Gasteiger partial charge in [0.05, 0.1) is 22.7 Å². The first-order chi connectivity index (χ1) is 12.4. The SMILES string of the molecule is COc1c(Cl)cc(C(=O)OCC(=O)NCCc2ccccc2F)cc1Cl. The molecule has 2 rings (SSSR count). The van der Waals surface area contributed by atoms with E-state index < -0.39 is 18.5 Å². The van der Waals surface area contributed by atoms with Crippen LogP contribution in [0.25, 0.3) is 0 Å². The molecule has 0 atom stereocenters. The van der Waals surface area contributed by atoms with Crippen LogP contribution in [0.15, 0.2) is 36.4 Å². The summed E-state index contributed by atoms with van der Waals surface area (Å²) < 4.78 is 23.4. The molecule has 2 aromatic carbocycles. The molecule has 0 aromatic heterocycles. The number of hydrogen-bond donors (Lipinski definition) is 1. The van der Waals surface area contributed by atoms with E-state index in [1.165, 1.54) is 25.3 Å². The van der Waals surface area contributed by atoms with E-state index >= 15 is 0 Å². The zero-order valence-electron chi connectivity index (χ0n) is 13.9. The Bertz CT molecular complexity index is 791. The zero-order chi connectivity index (χ0) is 19.1. The van der Waals surface area contributed by atoms with Gasteiger partial charge >= 0.3 is 5.97 Å². The maximum Gasteiger partial charge on any atom is 0.338 e. The summed E-state index contributed by atoms with van der Waals surface area (Å²) in [4.78, 5) is 23.7. The lowest BCUT2D eigenvalue weighted by Gasteiger charge is -2.09. The molecule has 0 aliphatic heterocycles. The number of halogens is 3. The molecule has 0 bridgehead atoms. The van der Waals surface area contributed by atoms with E-state index in [-0.39, 0.29) is 33.7 Å². The summed E-state index contributed by atoms with van der Waals surface area (Å²) in [5, 5.41) is 2.86. The van der Waals surface area contributed by atoms with Crippen molar-refractivity contribution in [3.63, 3.8) is 0 Å². The first-order valence-corrected chi connectivity index (χ1v) is 8.38. The fraction of sp³-hybridized carbons (Fsp3) is 0.222. The van der Waals surface area contributed by atoms with Crippen molar-refractivity contribution in [1.82, 2.24) is 5.32 Å². The number of benzene rings is 2. The number of rotatable bonds is 7. The predicted octanol–water partition coefficient (Wildman–Crippen LogP) is 3.66.